The number of fused-ring (bicyclic) bond motifs is 1. The number of rotatable bonds is 4. The zero-order valence-electron chi connectivity index (χ0n) is 13.1. The van der Waals surface area contributed by atoms with Crippen LogP contribution >= 0.6 is 27.3 Å². The highest BCUT2D eigenvalue weighted by Gasteiger charge is 2.41. The lowest BCUT2D eigenvalue weighted by Crippen LogP contribution is -2.50. The maximum Gasteiger partial charge on any atom is 0.308 e. The zero-order chi connectivity index (χ0) is 16.7. The quantitative estimate of drug-likeness (QED) is 0.668. The topological polar surface area (TPSA) is 82.0 Å². The second-order valence-corrected chi connectivity index (χ2v) is 8.46. The minimum absolute atomic E-state index is 0.0421. The van der Waals surface area contributed by atoms with E-state index >= 15 is 0 Å². The van der Waals surface area contributed by atoms with Crippen molar-refractivity contribution in [2.45, 2.75) is 39.3 Å². The molecule has 2 unspecified atom stereocenters. The van der Waals surface area contributed by atoms with Crippen molar-refractivity contribution in [3.8, 4) is 0 Å². The number of thiophene rings is 1. The summed E-state index contributed by atoms with van der Waals surface area (Å²) in [6.45, 7) is 4.69. The van der Waals surface area contributed by atoms with Crippen molar-refractivity contribution in [3.63, 3.8) is 0 Å². The molecular weight excluding hydrogens is 384 g/mol. The normalized spacial score (nSPS) is 30.3. The second kappa shape index (κ2) is 6.68. The number of nitrogens with zero attached hydrogens (tertiary/aromatic N) is 1. The first-order valence-corrected chi connectivity index (χ1v) is 9.37. The monoisotopic (exact) mass is 404 g/mol. The van der Waals surface area contributed by atoms with Gasteiger partial charge in [-0.25, -0.2) is 4.90 Å². The molecule has 128 valence electrons. The van der Waals surface area contributed by atoms with Crippen molar-refractivity contribution in [1.82, 2.24) is 4.90 Å². The molecule has 2 heterocycles. The highest BCUT2D eigenvalue weighted by atomic mass is 79.9. The van der Waals surface area contributed by atoms with E-state index in [1.807, 2.05) is 6.92 Å². The van der Waals surface area contributed by atoms with Gasteiger partial charge in [0.15, 0.2) is 6.35 Å². The summed E-state index contributed by atoms with van der Waals surface area (Å²) in [5.74, 6) is 0.0977. The van der Waals surface area contributed by atoms with Crippen molar-refractivity contribution in [1.29, 1.82) is 0 Å². The first kappa shape index (κ1) is 17.2. The van der Waals surface area contributed by atoms with Crippen LogP contribution in [0.2, 0.25) is 0 Å². The van der Waals surface area contributed by atoms with Crippen LogP contribution in [0.4, 0.5) is 5.00 Å². The number of carbonyl (C=O) groups is 1. The second-order valence-electron chi connectivity index (χ2n) is 6.12. The molecule has 0 radical (unpaired) electrons. The Kier molecular flexibility index (Phi) is 4.98. The molecule has 1 aromatic heterocycles. The van der Waals surface area contributed by atoms with Crippen LogP contribution in [0.5, 0.6) is 0 Å². The van der Waals surface area contributed by atoms with E-state index in [9.17, 15) is 15.0 Å². The van der Waals surface area contributed by atoms with Crippen molar-refractivity contribution in [2.75, 3.05) is 18.5 Å². The molecule has 0 spiro atoms. The summed E-state index contributed by atoms with van der Waals surface area (Å²) in [6.07, 6.45) is -0.281. The number of ether oxygens (including phenoxy) is 1. The highest BCUT2D eigenvalue weighted by Crippen LogP contribution is 2.45. The van der Waals surface area contributed by atoms with E-state index in [1.54, 1.807) is 11.8 Å². The van der Waals surface area contributed by atoms with Gasteiger partial charge in [0.05, 0.1) is 21.3 Å². The van der Waals surface area contributed by atoms with Gasteiger partial charge in [0.2, 0.25) is 0 Å². The first-order valence-electron chi connectivity index (χ1n) is 7.76. The zero-order valence-corrected chi connectivity index (χ0v) is 15.5. The van der Waals surface area contributed by atoms with Gasteiger partial charge in [0, 0.05) is 12.1 Å². The SMILES string of the molecule is CCOC(=O)C1CC(CN2C(O)Nc3sc(Br)c(C)c3C2O)C1. The number of aliphatic hydroxyl groups is 2. The Morgan fingerprint density at radius 1 is 1.48 bits per heavy atom. The van der Waals surface area contributed by atoms with Crippen LogP contribution in [0.25, 0.3) is 0 Å². The minimum atomic E-state index is -0.927. The molecular formula is C15H21BrN2O4S. The van der Waals surface area contributed by atoms with Gasteiger partial charge in [-0.15, -0.1) is 11.3 Å². The Bertz CT molecular complexity index is 603. The number of esters is 1. The van der Waals surface area contributed by atoms with Crippen molar-refractivity contribution in [2.24, 2.45) is 11.8 Å². The Hall–Kier alpha value is -0.670. The Labute approximate surface area is 147 Å². The summed E-state index contributed by atoms with van der Waals surface area (Å²) < 4.78 is 5.98. The minimum Gasteiger partial charge on any atom is -0.466 e. The third kappa shape index (κ3) is 3.15. The van der Waals surface area contributed by atoms with Crippen molar-refractivity contribution < 1.29 is 19.7 Å². The van der Waals surface area contributed by atoms with Crippen LogP contribution in [0.1, 0.15) is 37.1 Å². The number of halogens is 1. The number of nitrogens with one attached hydrogen (secondary N) is 1. The Morgan fingerprint density at radius 2 is 2.17 bits per heavy atom. The molecule has 0 amide bonds. The van der Waals surface area contributed by atoms with Crippen LogP contribution in [0.3, 0.4) is 0 Å². The maximum absolute atomic E-state index is 11.7. The molecule has 2 atom stereocenters. The molecule has 8 heteroatoms. The summed E-state index contributed by atoms with van der Waals surface area (Å²) >= 11 is 4.95. The van der Waals surface area contributed by atoms with E-state index in [4.69, 9.17) is 4.74 Å². The van der Waals surface area contributed by atoms with Crippen molar-refractivity contribution in [3.05, 3.63) is 14.9 Å². The fourth-order valence-corrected chi connectivity index (χ4v) is 4.92. The molecule has 23 heavy (non-hydrogen) atoms. The summed E-state index contributed by atoms with van der Waals surface area (Å²) in [4.78, 5) is 13.3. The smallest absolute Gasteiger partial charge is 0.308 e. The third-order valence-corrected chi connectivity index (χ3v) is 6.71. The molecule has 2 aliphatic rings. The predicted octanol–water partition coefficient (Wildman–Crippen LogP) is 2.40. The first-order chi connectivity index (χ1) is 10.9. The number of anilines is 1. The highest BCUT2D eigenvalue weighted by molar-refractivity contribution is 9.11. The van der Waals surface area contributed by atoms with E-state index in [0.717, 1.165) is 32.8 Å². The average Bonchev–Trinajstić information content (AvgIpc) is 2.71. The van der Waals surface area contributed by atoms with Crippen LogP contribution in [-0.4, -0.2) is 40.6 Å². The van der Waals surface area contributed by atoms with Gasteiger partial charge in [-0.2, -0.15) is 0 Å². The van der Waals surface area contributed by atoms with Gasteiger partial charge in [0.25, 0.3) is 0 Å². The Morgan fingerprint density at radius 3 is 2.83 bits per heavy atom. The fraction of sp³-hybridized carbons (Fsp3) is 0.667. The summed E-state index contributed by atoms with van der Waals surface area (Å²) in [5, 5.41) is 24.7. The van der Waals surface area contributed by atoms with Crippen LogP contribution in [0, 0.1) is 18.8 Å². The van der Waals surface area contributed by atoms with E-state index in [1.165, 1.54) is 11.3 Å². The van der Waals surface area contributed by atoms with Crippen molar-refractivity contribution >= 4 is 38.2 Å². The van der Waals surface area contributed by atoms with E-state index in [-0.39, 0.29) is 17.8 Å². The fourth-order valence-electron chi connectivity index (χ4n) is 3.25. The van der Waals surface area contributed by atoms with Crippen LogP contribution in [-0.2, 0) is 9.53 Å². The molecule has 1 aliphatic carbocycles. The lowest BCUT2D eigenvalue weighted by molar-refractivity contribution is -0.155. The molecule has 0 saturated heterocycles. The van der Waals surface area contributed by atoms with Gasteiger partial charge >= 0.3 is 5.97 Å². The molecule has 1 aliphatic heterocycles. The van der Waals surface area contributed by atoms with Gasteiger partial charge in [-0.3, -0.25) is 4.79 Å². The standard InChI is InChI=1S/C15H21BrN2O4S/c1-3-22-14(20)9-4-8(5-9)6-18-13(19)10-7(2)11(16)23-12(10)17-15(18)21/h8-9,13,15,17,19,21H,3-6H2,1-2H3. The van der Waals surface area contributed by atoms with E-state index in [0.29, 0.717) is 13.2 Å². The predicted molar refractivity (Wildman–Crippen MR) is 90.9 cm³/mol. The maximum atomic E-state index is 11.7. The number of aliphatic hydroxyl groups excluding tert-OH is 2. The number of hydrogen-bond acceptors (Lipinski definition) is 7. The molecule has 3 N–H and O–H groups in total. The summed E-state index contributed by atoms with van der Waals surface area (Å²) in [7, 11) is 0. The number of carbonyl (C=O) groups excluding carboxylic acids is 1. The van der Waals surface area contributed by atoms with Crippen LogP contribution in [0.15, 0.2) is 3.79 Å². The molecule has 3 rings (SSSR count). The van der Waals surface area contributed by atoms with Gasteiger partial charge in [-0.05, 0) is 54.1 Å². The largest absolute Gasteiger partial charge is 0.466 e. The van der Waals surface area contributed by atoms with Gasteiger partial charge < -0.3 is 20.3 Å². The number of hydrogen-bond donors (Lipinski definition) is 3. The summed E-state index contributed by atoms with van der Waals surface area (Å²) in [5.41, 5.74) is 1.80. The third-order valence-electron chi connectivity index (χ3n) is 4.61. The average molecular weight is 405 g/mol. The van der Waals surface area contributed by atoms with Gasteiger partial charge in [0.1, 0.15) is 6.23 Å². The lowest BCUT2D eigenvalue weighted by atomic mass is 9.74. The summed E-state index contributed by atoms with van der Waals surface area (Å²) in [6, 6.07) is 0. The molecule has 0 bridgehead atoms. The van der Waals surface area contributed by atoms with Gasteiger partial charge in [-0.1, -0.05) is 0 Å². The molecule has 0 aromatic carbocycles. The molecule has 1 aromatic rings. The molecule has 1 saturated carbocycles. The van der Waals surface area contributed by atoms with E-state index in [2.05, 4.69) is 21.2 Å². The Balaban J connectivity index is 1.63. The lowest BCUT2D eigenvalue weighted by Gasteiger charge is -2.43. The molecule has 6 nitrogen and oxygen atoms in total. The van der Waals surface area contributed by atoms with Crippen LogP contribution < -0.4 is 5.32 Å². The van der Waals surface area contributed by atoms with E-state index < -0.39 is 12.6 Å². The molecule has 1 fully saturated rings.